The van der Waals surface area contributed by atoms with E-state index < -0.39 is 0 Å². The van der Waals surface area contributed by atoms with Gasteiger partial charge in [-0.3, -0.25) is 14.8 Å². The number of thiazole rings is 1. The Kier molecular flexibility index (Phi) is 2.60. The van der Waals surface area contributed by atoms with Crippen LogP contribution in [0.15, 0.2) is 16.7 Å². The van der Waals surface area contributed by atoms with Crippen LogP contribution >= 0.6 is 23.1 Å². The summed E-state index contributed by atoms with van der Waals surface area (Å²) in [6.07, 6.45) is 1.56. The molecule has 1 aliphatic heterocycles. The molecule has 1 aromatic rings. The number of aliphatic imine (C=N–C) groups is 1. The second kappa shape index (κ2) is 3.89. The average Bonchev–Trinajstić information content (AvgIpc) is 2.74. The normalized spacial score (nSPS) is 15.5. The van der Waals surface area contributed by atoms with E-state index in [1.54, 1.807) is 23.5 Å². The van der Waals surface area contributed by atoms with E-state index in [9.17, 15) is 4.79 Å². The third kappa shape index (κ3) is 2.07. The summed E-state index contributed by atoms with van der Waals surface area (Å²) in [6, 6.07) is 0. The van der Waals surface area contributed by atoms with Gasteiger partial charge in [-0.05, 0) is 0 Å². The monoisotopic (exact) mass is 213 g/mol. The lowest BCUT2D eigenvalue weighted by Gasteiger charge is -1.99. The minimum Gasteiger partial charge on any atom is -0.301 e. The van der Waals surface area contributed by atoms with Gasteiger partial charge in [0.2, 0.25) is 0 Å². The number of hydrogen-bond donors (Lipinski definition) is 1. The zero-order valence-corrected chi connectivity index (χ0v) is 8.32. The molecule has 0 radical (unpaired) electrons. The highest BCUT2D eigenvalue weighted by atomic mass is 32.2. The van der Waals surface area contributed by atoms with Crippen molar-refractivity contribution in [2.45, 2.75) is 0 Å². The Morgan fingerprint density at radius 1 is 1.62 bits per heavy atom. The molecule has 6 heteroatoms. The van der Waals surface area contributed by atoms with E-state index in [0.29, 0.717) is 4.88 Å². The van der Waals surface area contributed by atoms with E-state index in [-0.39, 0.29) is 5.91 Å². The number of nitrogens with zero attached hydrogens (tertiary/aromatic N) is 2. The minimum atomic E-state index is -0.115. The van der Waals surface area contributed by atoms with Crippen LogP contribution in [0.1, 0.15) is 9.67 Å². The molecule has 1 aliphatic rings. The summed E-state index contributed by atoms with van der Waals surface area (Å²) in [5, 5.41) is 3.45. The first kappa shape index (κ1) is 8.71. The molecule has 0 aliphatic carbocycles. The summed E-state index contributed by atoms with van der Waals surface area (Å²) in [5.74, 6) is 0.842. The Hall–Kier alpha value is -0.880. The molecule has 0 saturated carbocycles. The van der Waals surface area contributed by atoms with Gasteiger partial charge < -0.3 is 5.32 Å². The van der Waals surface area contributed by atoms with Crippen LogP contribution in [0, 0.1) is 0 Å². The van der Waals surface area contributed by atoms with Crippen LogP contribution in [0.3, 0.4) is 0 Å². The highest BCUT2D eigenvalue weighted by Crippen LogP contribution is 2.11. The second-order valence-corrected chi connectivity index (χ2v) is 4.33. The van der Waals surface area contributed by atoms with E-state index in [1.165, 1.54) is 11.3 Å². The Balaban J connectivity index is 1.99. The molecule has 0 unspecified atom stereocenters. The van der Waals surface area contributed by atoms with Crippen molar-refractivity contribution in [3.8, 4) is 0 Å². The third-order valence-electron chi connectivity index (χ3n) is 1.46. The molecule has 0 bridgehead atoms. The molecule has 0 spiro atoms. The first-order chi connectivity index (χ1) is 6.36. The number of thioether (sulfide) groups is 1. The summed E-state index contributed by atoms with van der Waals surface area (Å²) < 4.78 is 0. The van der Waals surface area contributed by atoms with Crippen molar-refractivity contribution in [3.05, 3.63) is 16.6 Å². The van der Waals surface area contributed by atoms with Gasteiger partial charge in [0.05, 0.1) is 18.3 Å². The highest BCUT2D eigenvalue weighted by molar-refractivity contribution is 8.14. The standard InChI is InChI=1S/C7H7N3OS2/c11-6(5-3-8-4-13-5)10-7-9-1-2-12-7/h3-4H,1-2H2,(H,9,10,11). The molecule has 0 atom stereocenters. The maximum absolute atomic E-state index is 11.4. The maximum Gasteiger partial charge on any atom is 0.268 e. The number of hydrogen-bond acceptors (Lipinski definition) is 5. The molecule has 13 heavy (non-hydrogen) atoms. The molecule has 1 aromatic heterocycles. The number of rotatable bonds is 1. The molecule has 1 N–H and O–H groups in total. The summed E-state index contributed by atoms with van der Waals surface area (Å²) in [7, 11) is 0. The van der Waals surface area contributed by atoms with Crippen LogP contribution in [0.4, 0.5) is 0 Å². The number of amidine groups is 1. The molecular weight excluding hydrogens is 206 g/mol. The van der Waals surface area contributed by atoms with Gasteiger partial charge in [-0.1, -0.05) is 11.8 Å². The lowest BCUT2D eigenvalue weighted by molar-refractivity contribution is 0.0981. The van der Waals surface area contributed by atoms with E-state index in [4.69, 9.17) is 0 Å². The topological polar surface area (TPSA) is 54.4 Å². The fraction of sp³-hybridized carbons (Fsp3) is 0.286. The van der Waals surface area contributed by atoms with Crippen molar-refractivity contribution >= 4 is 34.2 Å². The molecule has 4 nitrogen and oxygen atoms in total. The van der Waals surface area contributed by atoms with Gasteiger partial charge >= 0.3 is 0 Å². The van der Waals surface area contributed by atoms with E-state index >= 15 is 0 Å². The summed E-state index contributed by atoms with van der Waals surface area (Å²) >= 11 is 2.90. The number of nitrogens with one attached hydrogen (secondary N) is 1. The van der Waals surface area contributed by atoms with Crippen LogP contribution in [0.25, 0.3) is 0 Å². The molecule has 1 amide bonds. The van der Waals surface area contributed by atoms with Gasteiger partial charge in [-0.15, -0.1) is 11.3 Å². The van der Waals surface area contributed by atoms with Crippen molar-refractivity contribution in [3.63, 3.8) is 0 Å². The van der Waals surface area contributed by atoms with Gasteiger partial charge in [0.1, 0.15) is 4.88 Å². The smallest absolute Gasteiger partial charge is 0.268 e. The predicted octanol–water partition coefficient (Wildman–Crippen LogP) is 0.976. The molecule has 0 saturated heterocycles. The Morgan fingerprint density at radius 2 is 2.54 bits per heavy atom. The fourth-order valence-electron chi connectivity index (χ4n) is 0.897. The lowest BCUT2D eigenvalue weighted by Crippen LogP contribution is -2.26. The zero-order chi connectivity index (χ0) is 9.10. The minimum absolute atomic E-state index is 0.115. The van der Waals surface area contributed by atoms with E-state index in [0.717, 1.165) is 17.5 Å². The summed E-state index contributed by atoms with van der Waals surface area (Å²) in [4.78, 5) is 20.0. The first-order valence-corrected chi connectivity index (χ1v) is 5.60. The van der Waals surface area contributed by atoms with Gasteiger partial charge in [-0.2, -0.15) is 0 Å². The van der Waals surface area contributed by atoms with Crippen LogP contribution in [0.2, 0.25) is 0 Å². The molecule has 2 heterocycles. The molecule has 0 fully saturated rings. The van der Waals surface area contributed by atoms with Crippen molar-refractivity contribution in [2.75, 3.05) is 12.3 Å². The van der Waals surface area contributed by atoms with Crippen LogP contribution in [0.5, 0.6) is 0 Å². The number of amides is 1. The Labute approximate surface area is 83.5 Å². The number of carbonyl (C=O) groups is 1. The maximum atomic E-state index is 11.4. The van der Waals surface area contributed by atoms with Crippen LogP contribution in [-0.2, 0) is 0 Å². The van der Waals surface area contributed by atoms with Crippen molar-refractivity contribution in [1.29, 1.82) is 0 Å². The van der Waals surface area contributed by atoms with Crippen LogP contribution < -0.4 is 5.32 Å². The van der Waals surface area contributed by atoms with Crippen molar-refractivity contribution in [1.82, 2.24) is 10.3 Å². The average molecular weight is 213 g/mol. The largest absolute Gasteiger partial charge is 0.301 e. The van der Waals surface area contributed by atoms with Crippen molar-refractivity contribution in [2.24, 2.45) is 4.99 Å². The summed E-state index contributed by atoms with van der Waals surface area (Å²) in [5.41, 5.74) is 1.64. The summed E-state index contributed by atoms with van der Waals surface area (Å²) in [6.45, 7) is 0.795. The molecule has 68 valence electrons. The van der Waals surface area contributed by atoms with Gasteiger partial charge in [0.25, 0.3) is 5.91 Å². The van der Waals surface area contributed by atoms with Gasteiger partial charge in [0, 0.05) is 5.75 Å². The zero-order valence-electron chi connectivity index (χ0n) is 6.69. The van der Waals surface area contributed by atoms with Gasteiger partial charge in [-0.25, -0.2) is 0 Å². The van der Waals surface area contributed by atoms with E-state index in [2.05, 4.69) is 15.3 Å². The van der Waals surface area contributed by atoms with E-state index in [1.807, 2.05) is 0 Å². The Morgan fingerprint density at radius 3 is 3.15 bits per heavy atom. The number of carbonyl (C=O) groups excluding carboxylic acids is 1. The molecular formula is C7H7N3OS2. The SMILES string of the molecule is O=C(NC1=NCCS1)c1cncs1. The lowest BCUT2D eigenvalue weighted by atomic mass is 10.5. The second-order valence-electron chi connectivity index (χ2n) is 2.36. The predicted molar refractivity (Wildman–Crippen MR) is 54.3 cm³/mol. The van der Waals surface area contributed by atoms with Crippen LogP contribution in [-0.4, -0.2) is 28.4 Å². The molecule has 0 aromatic carbocycles. The third-order valence-corrected chi connectivity index (χ3v) is 3.13. The van der Waals surface area contributed by atoms with Gasteiger partial charge in [0.15, 0.2) is 5.17 Å². The fourth-order valence-corrected chi connectivity index (χ4v) is 2.14. The van der Waals surface area contributed by atoms with Crippen molar-refractivity contribution < 1.29 is 4.79 Å². The number of aromatic nitrogens is 1. The Bertz CT molecular complexity index is 334. The highest BCUT2D eigenvalue weighted by Gasteiger charge is 2.12. The first-order valence-electron chi connectivity index (χ1n) is 3.73. The quantitative estimate of drug-likeness (QED) is 0.756. The molecule has 2 rings (SSSR count).